The van der Waals surface area contributed by atoms with Crippen LogP contribution >= 0.6 is 0 Å². The average Bonchev–Trinajstić information content (AvgIpc) is 2.66. The van der Waals surface area contributed by atoms with E-state index in [-0.39, 0.29) is 6.04 Å². The summed E-state index contributed by atoms with van der Waals surface area (Å²) in [6.45, 7) is 4.24. The van der Waals surface area contributed by atoms with Gasteiger partial charge >= 0.3 is 0 Å². The molecule has 1 heterocycles. The first-order chi connectivity index (χ1) is 12.3. The van der Waals surface area contributed by atoms with Gasteiger partial charge in [-0.2, -0.15) is 0 Å². The fraction of sp³-hybridized carbons (Fsp3) is 0.864. The summed E-state index contributed by atoms with van der Waals surface area (Å²) in [6.07, 6.45) is 19.1. The fourth-order valence-electron chi connectivity index (χ4n) is 3.79. The second-order valence-corrected chi connectivity index (χ2v) is 7.64. The number of hydrogen-bond acceptors (Lipinski definition) is 3. The molecule has 1 fully saturated rings. The van der Waals surface area contributed by atoms with E-state index in [1.165, 1.54) is 77.0 Å². The van der Waals surface area contributed by atoms with Crippen molar-refractivity contribution >= 4 is 12.2 Å². The van der Waals surface area contributed by atoms with E-state index in [0.717, 1.165) is 37.8 Å². The van der Waals surface area contributed by atoms with Gasteiger partial charge in [-0.05, 0) is 38.8 Å². The third kappa shape index (κ3) is 10.6. The number of nitrogens with zero attached hydrogens (tertiary/aromatic N) is 1. The van der Waals surface area contributed by atoms with Crippen LogP contribution in [0.2, 0.25) is 0 Å². The van der Waals surface area contributed by atoms with E-state index in [1.54, 1.807) is 0 Å². The summed E-state index contributed by atoms with van der Waals surface area (Å²) in [7, 11) is 0. The van der Waals surface area contributed by atoms with Gasteiger partial charge in [-0.3, -0.25) is 4.90 Å². The zero-order chi connectivity index (χ0) is 18.2. The number of carbonyl (C=O) groups is 1. The van der Waals surface area contributed by atoms with Gasteiger partial charge in [0.15, 0.2) is 0 Å². The predicted molar refractivity (Wildman–Crippen MR) is 106 cm³/mol. The topological polar surface area (TPSA) is 37.4 Å². The molecule has 1 aliphatic heterocycles. The molecule has 0 amide bonds. The highest BCUT2D eigenvalue weighted by molar-refractivity contribution is 5.61. The highest BCUT2D eigenvalue weighted by Gasteiger charge is 2.21. The summed E-state index contributed by atoms with van der Waals surface area (Å²) in [5.74, 6) is 2.12. The monoisotopic (exact) mass is 349 g/mol. The normalized spacial score (nSPS) is 16.4. The van der Waals surface area contributed by atoms with Crippen molar-refractivity contribution in [3.05, 3.63) is 5.57 Å². The first-order valence-corrected chi connectivity index (χ1v) is 10.7. The lowest BCUT2D eigenvalue weighted by Crippen LogP contribution is -2.40. The molecule has 3 heteroatoms. The smallest absolute Gasteiger partial charge is 0.137 e. The molecule has 0 spiro atoms. The van der Waals surface area contributed by atoms with Gasteiger partial charge in [-0.1, -0.05) is 71.1 Å². The van der Waals surface area contributed by atoms with E-state index in [9.17, 15) is 9.59 Å². The van der Waals surface area contributed by atoms with Crippen molar-refractivity contribution in [1.29, 1.82) is 0 Å². The Bertz CT molecular complexity index is 381. The van der Waals surface area contributed by atoms with Crippen LogP contribution in [0.4, 0.5) is 0 Å². The van der Waals surface area contributed by atoms with Crippen LogP contribution in [0.25, 0.3) is 0 Å². The molecule has 0 aliphatic carbocycles. The van der Waals surface area contributed by atoms with E-state index in [4.69, 9.17) is 0 Å². The van der Waals surface area contributed by atoms with E-state index in [2.05, 4.69) is 17.8 Å². The summed E-state index contributed by atoms with van der Waals surface area (Å²) in [5, 5.41) is 0. The Labute approximate surface area is 155 Å². The number of carbonyl (C=O) groups excluding carboxylic acids is 2. The van der Waals surface area contributed by atoms with Crippen molar-refractivity contribution in [2.45, 2.75) is 109 Å². The molecule has 3 nitrogen and oxygen atoms in total. The molecule has 0 aromatic heterocycles. The van der Waals surface area contributed by atoms with Crippen LogP contribution in [-0.2, 0) is 9.59 Å². The number of rotatable bonds is 15. The molecule has 1 atom stereocenters. The number of likely N-dealkylation sites (tertiary alicyclic amines) is 1. The zero-order valence-corrected chi connectivity index (χ0v) is 16.4. The Hall–Kier alpha value is -0.920. The van der Waals surface area contributed by atoms with E-state index >= 15 is 0 Å². The molecule has 0 aromatic rings. The molecule has 0 bridgehead atoms. The van der Waals surface area contributed by atoms with E-state index in [1.807, 2.05) is 0 Å². The number of piperidine rings is 1. The summed E-state index contributed by atoms with van der Waals surface area (Å²) in [4.78, 5) is 24.9. The molecule has 25 heavy (non-hydrogen) atoms. The Morgan fingerprint density at radius 2 is 1.48 bits per heavy atom. The second kappa shape index (κ2) is 15.3. The first kappa shape index (κ1) is 22.1. The summed E-state index contributed by atoms with van der Waals surface area (Å²) in [5.41, 5.74) is 0.808. The fourth-order valence-corrected chi connectivity index (χ4v) is 3.79. The van der Waals surface area contributed by atoms with Crippen LogP contribution in [0.1, 0.15) is 103 Å². The quantitative estimate of drug-likeness (QED) is 0.222. The molecule has 1 saturated heterocycles. The standard InChI is InChI=1S/C22H39NO2/c1-2-3-4-5-6-7-8-9-10-12-15-21(19-24)18-22(20-25)23-16-13-11-14-17-23/h20,22H,2-18H2,1H3. The summed E-state index contributed by atoms with van der Waals surface area (Å²) >= 11 is 0. The van der Waals surface area contributed by atoms with Crippen molar-refractivity contribution in [3.8, 4) is 0 Å². The Kier molecular flexibility index (Phi) is 13.6. The van der Waals surface area contributed by atoms with Gasteiger partial charge in [0.05, 0.1) is 6.04 Å². The molecule has 1 aliphatic rings. The number of aldehydes is 1. The van der Waals surface area contributed by atoms with Gasteiger partial charge in [0.2, 0.25) is 0 Å². The van der Waals surface area contributed by atoms with Crippen molar-refractivity contribution in [2.24, 2.45) is 0 Å². The minimum atomic E-state index is -0.111. The van der Waals surface area contributed by atoms with Gasteiger partial charge in [0.25, 0.3) is 0 Å². The van der Waals surface area contributed by atoms with Crippen LogP contribution in [0.3, 0.4) is 0 Å². The Balaban J connectivity index is 2.09. The maximum absolute atomic E-state index is 11.4. The predicted octanol–water partition coefficient (Wildman–Crippen LogP) is 5.50. The molecule has 0 aromatic carbocycles. The van der Waals surface area contributed by atoms with Gasteiger partial charge in [-0.15, -0.1) is 0 Å². The number of unbranched alkanes of at least 4 members (excludes halogenated alkanes) is 9. The first-order valence-electron chi connectivity index (χ1n) is 10.7. The van der Waals surface area contributed by atoms with Crippen molar-refractivity contribution < 1.29 is 9.59 Å². The highest BCUT2D eigenvalue weighted by Crippen LogP contribution is 2.19. The Morgan fingerprint density at radius 3 is 2.00 bits per heavy atom. The lowest BCUT2D eigenvalue weighted by Gasteiger charge is -2.31. The molecular formula is C22H39NO2. The van der Waals surface area contributed by atoms with Crippen molar-refractivity contribution in [3.63, 3.8) is 0 Å². The van der Waals surface area contributed by atoms with Gasteiger partial charge in [0, 0.05) is 12.0 Å². The SMILES string of the molecule is CCCCCCCCCCCCC(=C=O)CC(C=O)N1CCCCC1. The minimum Gasteiger partial charge on any atom is -0.302 e. The molecule has 0 saturated carbocycles. The van der Waals surface area contributed by atoms with Crippen molar-refractivity contribution in [2.75, 3.05) is 13.1 Å². The second-order valence-electron chi connectivity index (χ2n) is 7.64. The average molecular weight is 350 g/mol. The van der Waals surface area contributed by atoms with Crippen molar-refractivity contribution in [1.82, 2.24) is 4.90 Å². The van der Waals surface area contributed by atoms with Crippen LogP contribution in [0.5, 0.6) is 0 Å². The minimum absolute atomic E-state index is 0.111. The van der Waals surface area contributed by atoms with E-state index < -0.39 is 0 Å². The van der Waals surface area contributed by atoms with Crippen LogP contribution in [0, 0.1) is 0 Å². The maximum atomic E-state index is 11.4. The Morgan fingerprint density at radius 1 is 0.920 bits per heavy atom. The van der Waals surface area contributed by atoms with E-state index in [0.29, 0.717) is 6.42 Å². The van der Waals surface area contributed by atoms with Gasteiger partial charge in [0.1, 0.15) is 12.2 Å². The zero-order valence-electron chi connectivity index (χ0n) is 16.4. The summed E-state index contributed by atoms with van der Waals surface area (Å²) in [6, 6.07) is -0.111. The van der Waals surface area contributed by atoms with Crippen LogP contribution in [-0.4, -0.2) is 36.3 Å². The molecule has 0 N–H and O–H groups in total. The largest absolute Gasteiger partial charge is 0.302 e. The molecule has 1 rings (SSSR count). The lowest BCUT2D eigenvalue weighted by molar-refractivity contribution is -0.112. The third-order valence-corrected chi connectivity index (χ3v) is 5.45. The molecular weight excluding hydrogens is 310 g/mol. The van der Waals surface area contributed by atoms with Gasteiger partial charge in [-0.25, -0.2) is 4.79 Å². The van der Waals surface area contributed by atoms with Gasteiger partial charge < -0.3 is 4.79 Å². The lowest BCUT2D eigenvalue weighted by atomic mass is 9.98. The third-order valence-electron chi connectivity index (χ3n) is 5.45. The van der Waals surface area contributed by atoms with Crippen LogP contribution in [0.15, 0.2) is 5.57 Å². The maximum Gasteiger partial charge on any atom is 0.137 e. The molecule has 0 radical (unpaired) electrons. The highest BCUT2D eigenvalue weighted by atomic mass is 16.1. The molecule has 144 valence electrons. The number of hydrogen-bond donors (Lipinski definition) is 0. The van der Waals surface area contributed by atoms with Crippen LogP contribution < -0.4 is 0 Å². The molecule has 1 unspecified atom stereocenters. The summed E-state index contributed by atoms with van der Waals surface area (Å²) < 4.78 is 0.